The summed E-state index contributed by atoms with van der Waals surface area (Å²) in [6.07, 6.45) is 0. The van der Waals surface area contributed by atoms with Gasteiger partial charge in [0.2, 0.25) is 0 Å². The maximum absolute atomic E-state index is 8.48. The standard InChI is InChI=1S/C10H12NSe.IO2/c1-3-11-8(2)12-10-7-5-4-6-9(10)11;2-1-3/h4-7H,3H2,1-2H3;/q+1;-1. The van der Waals surface area contributed by atoms with Crippen LogP contribution < -0.4 is 33.5 Å². The van der Waals surface area contributed by atoms with Crippen molar-refractivity contribution in [2.24, 2.45) is 0 Å². The molecular formula is C10H12INO2Se. The van der Waals surface area contributed by atoms with Gasteiger partial charge in [0.1, 0.15) is 0 Å². The first-order valence-electron chi connectivity index (χ1n) is 4.51. The second-order valence-electron chi connectivity index (χ2n) is 2.90. The largest absolute Gasteiger partial charge is 0.599 e. The minimum atomic E-state index is -1.91. The Morgan fingerprint density at radius 1 is 1.33 bits per heavy atom. The summed E-state index contributed by atoms with van der Waals surface area (Å²) in [5.41, 5.74) is 1.43. The third kappa shape index (κ3) is 3.26. The van der Waals surface area contributed by atoms with Gasteiger partial charge in [0, 0.05) is 0 Å². The van der Waals surface area contributed by atoms with Crippen molar-refractivity contribution in [3.05, 3.63) is 28.8 Å². The zero-order chi connectivity index (χ0) is 11.3. The van der Waals surface area contributed by atoms with Crippen LogP contribution in [-0.4, -0.2) is 14.5 Å². The second-order valence-corrected chi connectivity index (χ2v) is 5.85. The van der Waals surface area contributed by atoms with Gasteiger partial charge in [-0.2, -0.15) is 0 Å². The fourth-order valence-corrected chi connectivity index (χ4v) is 3.82. The topological polar surface area (TPSA) is 50.0 Å². The zero-order valence-corrected chi connectivity index (χ0v) is 12.4. The van der Waals surface area contributed by atoms with Gasteiger partial charge >= 0.3 is 78.1 Å². The van der Waals surface area contributed by atoms with Crippen LogP contribution in [0.15, 0.2) is 24.3 Å². The van der Waals surface area contributed by atoms with E-state index in [1.54, 1.807) is 0 Å². The van der Waals surface area contributed by atoms with Crippen molar-refractivity contribution >= 4 is 24.3 Å². The number of aryl methyl sites for hydroxylation is 2. The number of nitrogens with zero attached hydrogens (tertiary/aromatic N) is 1. The van der Waals surface area contributed by atoms with E-state index < -0.39 is 22.0 Å². The quantitative estimate of drug-likeness (QED) is 0.287. The smallest absolute Gasteiger partial charge is 0.198 e. The molecule has 82 valence electrons. The average Bonchev–Trinajstić information content (AvgIpc) is 2.54. The van der Waals surface area contributed by atoms with E-state index in [-0.39, 0.29) is 0 Å². The van der Waals surface area contributed by atoms with E-state index in [1.807, 2.05) is 0 Å². The van der Waals surface area contributed by atoms with Crippen LogP contribution in [0.25, 0.3) is 9.78 Å². The summed E-state index contributed by atoms with van der Waals surface area (Å²) in [6.45, 7) is 5.55. The van der Waals surface area contributed by atoms with Gasteiger partial charge in [-0.1, -0.05) is 0 Å². The number of halogens is 1. The van der Waals surface area contributed by atoms with Gasteiger partial charge in [0.25, 0.3) is 0 Å². The number of benzene rings is 1. The summed E-state index contributed by atoms with van der Waals surface area (Å²) in [4.78, 5) is 0. The Hall–Kier alpha value is 0.0595. The number of para-hydroxylation sites is 1. The summed E-state index contributed by atoms with van der Waals surface area (Å²) in [6, 6.07) is 8.72. The first-order valence-corrected chi connectivity index (χ1v) is 7.99. The van der Waals surface area contributed by atoms with Crippen LogP contribution in [0.3, 0.4) is 0 Å². The van der Waals surface area contributed by atoms with E-state index in [0.717, 1.165) is 6.54 Å². The molecule has 5 heteroatoms. The molecule has 0 aliphatic heterocycles. The second kappa shape index (κ2) is 6.60. The molecule has 0 aliphatic carbocycles. The van der Waals surface area contributed by atoms with E-state index in [0.29, 0.717) is 14.5 Å². The number of rotatable bonds is 1. The maximum Gasteiger partial charge on any atom is 0.198 e. The minimum Gasteiger partial charge on any atom is -0.599 e. The van der Waals surface area contributed by atoms with Crippen LogP contribution in [0.2, 0.25) is 0 Å². The fraction of sp³-hybridized carbons (Fsp3) is 0.300. The van der Waals surface area contributed by atoms with Gasteiger partial charge in [-0.05, 0) is 0 Å². The van der Waals surface area contributed by atoms with E-state index >= 15 is 0 Å². The van der Waals surface area contributed by atoms with Crippen LogP contribution in [-0.2, 0) is 6.54 Å². The Labute approximate surface area is 106 Å². The third-order valence-corrected chi connectivity index (χ3v) is 4.38. The predicted molar refractivity (Wildman–Crippen MR) is 51.5 cm³/mol. The van der Waals surface area contributed by atoms with Crippen molar-refractivity contribution in [3.8, 4) is 0 Å². The first kappa shape index (κ1) is 13.1. The molecule has 15 heavy (non-hydrogen) atoms. The zero-order valence-electron chi connectivity index (χ0n) is 8.57. The molecule has 0 saturated heterocycles. The van der Waals surface area contributed by atoms with E-state index in [1.165, 1.54) is 14.3 Å². The molecular weight excluding hydrogens is 372 g/mol. The maximum atomic E-state index is 8.48. The van der Waals surface area contributed by atoms with Crippen LogP contribution in [0, 0.1) is 6.92 Å². The Morgan fingerprint density at radius 2 is 1.93 bits per heavy atom. The number of aromatic nitrogens is 1. The monoisotopic (exact) mass is 385 g/mol. The van der Waals surface area contributed by atoms with Crippen LogP contribution in [0.4, 0.5) is 0 Å². The summed E-state index contributed by atoms with van der Waals surface area (Å²) >= 11 is -1.33. The van der Waals surface area contributed by atoms with Crippen molar-refractivity contribution in [2.75, 3.05) is 0 Å². The molecule has 0 aliphatic rings. The van der Waals surface area contributed by atoms with Gasteiger partial charge in [-0.15, -0.1) is 0 Å². The molecule has 0 atom stereocenters. The fourth-order valence-electron chi connectivity index (χ4n) is 1.54. The van der Waals surface area contributed by atoms with Crippen LogP contribution in [0.1, 0.15) is 11.5 Å². The molecule has 0 saturated carbocycles. The minimum absolute atomic E-state index is 0.576. The molecule has 0 fully saturated rings. The Balaban J connectivity index is 0.000000337. The molecule has 0 N–H and O–H groups in total. The SMILES string of the molecule is CC[n+]1c(C)[se]c2ccccc21.[O-][I+][O-]. The molecule has 3 nitrogen and oxygen atoms in total. The number of fused-ring (bicyclic) bond motifs is 1. The molecule has 1 aromatic carbocycles. The van der Waals surface area contributed by atoms with Crippen molar-refractivity contribution in [3.63, 3.8) is 0 Å². The van der Waals surface area contributed by atoms with Crippen LogP contribution >= 0.6 is 0 Å². The van der Waals surface area contributed by atoms with Crippen molar-refractivity contribution in [1.82, 2.24) is 0 Å². The van der Waals surface area contributed by atoms with Gasteiger partial charge in [-0.25, -0.2) is 0 Å². The Morgan fingerprint density at radius 3 is 2.53 bits per heavy atom. The summed E-state index contributed by atoms with van der Waals surface area (Å²) in [5, 5.41) is 0. The van der Waals surface area contributed by atoms with E-state index in [2.05, 4.69) is 42.7 Å². The molecule has 0 radical (unpaired) electrons. The Kier molecular flexibility index (Phi) is 5.78. The molecule has 0 bridgehead atoms. The molecule has 2 rings (SSSR count). The molecule has 1 heterocycles. The normalized spacial score (nSPS) is 9.87. The summed E-state index contributed by atoms with van der Waals surface area (Å²) in [7, 11) is 0. The van der Waals surface area contributed by atoms with Gasteiger partial charge in [-0.3, -0.25) is 0 Å². The van der Waals surface area contributed by atoms with Crippen LogP contribution in [0.5, 0.6) is 0 Å². The van der Waals surface area contributed by atoms with Crippen molar-refractivity contribution in [2.45, 2.75) is 20.4 Å². The molecule has 0 amide bonds. The number of hydrogen-bond donors (Lipinski definition) is 0. The Bertz CT molecular complexity index is 430. The van der Waals surface area contributed by atoms with Crippen molar-refractivity contribution in [1.29, 1.82) is 0 Å². The summed E-state index contributed by atoms with van der Waals surface area (Å²) < 4.78 is 22.4. The van der Waals surface area contributed by atoms with Gasteiger partial charge in [0.15, 0.2) is 22.0 Å². The summed E-state index contributed by atoms with van der Waals surface area (Å²) in [5.74, 6) is 0. The molecule has 0 unspecified atom stereocenters. The average molecular weight is 384 g/mol. The first-order chi connectivity index (χ1) is 7.24. The molecule has 0 spiro atoms. The van der Waals surface area contributed by atoms with E-state index in [9.17, 15) is 0 Å². The van der Waals surface area contributed by atoms with Crippen molar-refractivity contribution < 1.29 is 33.5 Å². The number of hydrogen-bond acceptors (Lipinski definition) is 2. The third-order valence-electron chi connectivity index (χ3n) is 2.11. The predicted octanol–water partition coefficient (Wildman–Crippen LogP) is -3.86. The van der Waals surface area contributed by atoms with Gasteiger partial charge in [0.05, 0.1) is 0 Å². The molecule has 1 aromatic heterocycles. The van der Waals surface area contributed by atoms with E-state index in [4.69, 9.17) is 6.87 Å². The molecule has 2 aromatic rings. The van der Waals surface area contributed by atoms with Gasteiger partial charge < -0.3 is 6.87 Å².